The SMILES string of the molecule is COc1cnc(NCCc2ncn(C)n2)nc1. The third-order valence-corrected chi connectivity index (χ3v) is 2.14. The van der Waals surface area contributed by atoms with E-state index in [0.29, 0.717) is 18.2 Å². The molecule has 0 fully saturated rings. The molecular weight excluding hydrogens is 220 g/mol. The highest BCUT2D eigenvalue weighted by Crippen LogP contribution is 2.06. The molecule has 2 heterocycles. The highest BCUT2D eigenvalue weighted by atomic mass is 16.5. The van der Waals surface area contributed by atoms with E-state index in [1.807, 2.05) is 7.05 Å². The number of rotatable bonds is 5. The van der Waals surface area contributed by atoms with Crippen LogP contribution in [-0.2, 0) is 13.5 Å². The van der Waals surface area contributed by atoms with Crippen molar-refractivity contribution in [1.29, 1.82) is 0 Å². The molecule has 7 nitrogen and oxygen atoms in total. The number of hydrogen-bond acceptors (Lipinski definition) is 6. The lowest BCUT2D eigenvalue weighted by atomic mass is 10.4. The van der Waals surface area contributed by atoms with Gasteiger partial charge < -0.3 is 10.1 Å². The Balaban J connectivity index is 1.81. The minimum absolute atomic E-state index is 0.571. The molecule has 0 spiro atoms. The summed E-state index contributed by atoms with van der Waals surface area (Å²) in [5.41, 5.74) is 0. The quantitative estimate of drug-likeness (QED) is 0.800. The fraction of sp³-hybridized carbons (Fsp3) is 0.400. The molecule has 0 aromatic carbocycles. The number of aryl methyl sites for hydroxylation is 1. The average Bonchev–Trinajstić information content (AvgIpc) is 2.76. The molecular formula is C10H14N6O. The summed E-state index contributed by atoms with van der Waals surface area (Å²) in [7, 11) is 3.43. The van der Waals surface area contributed by atoms with Gasteiger partial charge in [-0.15, -0.1) is 0 Å². The van der Waals surface area contributed by atoms with Crippen molar-refractivity contribution in [3.05, 3.63) is 24.5 Å². The van der Waals surface area contributed by atoms with Crippen LogP contribution < -0.4 is 10.1 Å². The molecule has 1 N–H and O–H groups in total. The third kappa shape index (κ3) is 3.13. The molecule has 0 aliphatic heterocycles. The summed E-state index contributed by atoms with van der Waals surface area (Å²) in [4.78, 5) is 12.3. The molecule has 0 saturated heterocycles. The van der Waals surface area contributed by atoms with Crippen molar-refractivity contribution < 1.29 is 4.74 Å². The Hall–Kier alpha value is -2.18. The first-order valence-electron chi connectivity index (χ1n) is 5.22. The van der Waals surface area contributed by atoms with E-state index in [-0.39, 0.29) is 0 Å². The first-order valence-corrected chi connectivity index (χ1v) is 5.22. The number of nitrogens with one attached hydrogen (secondary N) is 1. The summed E-state index contributed by atoms with van der Waals surface area (Å²) < 4.78 is 6.65. The maximum Gasteiger partial charge on any atom is 0.222 e. The van der Waals surface area contributed by atoms with Gasteiger partial charge in [-0.2, -0.15) is 5.10 Å². The van der Waals surface area contributed by atoms with E-state index in [9.17, 15) is 0 Å². The molecule has 0 aliphatic carbocycles. The van der Waals surface area contributed by atoms with Crippen LogP contribution in [0.2, 0.25) is 0 Å². The Labute approximate surface area is 98.9 Å². The number of anilines is 1. The van der Waals surface area contributed by atoms with Crippen molar-refractivity contribution >= 4 is 5.95 Å². The number of methoxy groups -OCH3 is 1. The smallest absolute Gasteiger partial charge is 0.222 e. The van der Waals surface area contributed by atoms with Gasteiger partial charge in [-0.3, -0.25) is 4.68 Å². The van der Waals surface area contributed by atoms with Gasteiger partial charge in [-0.05, 0) is 0 Å². The van der Waals surface area contributed by atoms with E-state index in [2.05, 4.69) is 25.4 Å². The number of aromatic nitrogens is 5. The molecule has 2 aromatic heterocycles. The fourth-order valence-electron chi connectivity index (χ4n) is 1.30. The summed E-state index contributed by atoms with van der Waals surface area (Å²) in [5, 5.41) is 7.26. The molecule has 0 aliphatic rings. The van der Waals surface area contributed by atoms with Crippen LogP contribution in [-0.4, -0.2) is 38.4 Å². The number of nitrogens with zero attached hydrogens (tertiary/aromatic N) is 5. The molecule has 0 saturated carbocycles. The standard InChI is InChI=1S/C10H14N6O/c1-16-7-14-9(15-16)3-4-11-10-12-5-8(17-2)6-13-10/h5-7H,3-4H2,1-2H3,(H,11,12,13). The van der Waals surface area contributed by atoms with Crippen molar-refractivity contribution in [2.45, 2.75) is 6.42 Å². The van der Waals surface area contributed by atoms with E-state index >= 15 is 0 Å². The molecule has 0 unspecified atom stereocenters. The Bertz CT molecular complexity index is 466. The lowest BCUT2D eigenvalue weighted by Gasteiger charge is -2.03. The molecule has 90 valence electrons. The monoisotopic (exact) mass is 234 g/mol. The van der Waals surface area contributed by atoms with Gasteiger partial charge in [0.25, 0.3) is 0 Å². The summed E-state index contributed by atoms with van der Waals surface area (Å²) in [6.45, 7) is 0.691. The highest BCUT2D eigenvalue weighted by molar-refractivity contribution is 5.26. The van der Waals surface area contributed by atoms with Crippen molar-refractivity contribution in [1.82, 2.24) is 24.7 Å². The van der Waals surface area contributed by atoms with Gasteiger partial charge in [0.1, 0.15) is 6.33 Å². The molecule has 2 aromatic rings. The molecule has 7 heteroatoms. The molecule has 0 atom stereocenters. The van der Waals surface area contributed by atoms with Gasteiger partial charge in [0.15, 0.2) is 11.6 Å². The first-order chi connectivity index (χ1) is 8.28. The summed E-state index contributed by atoms with van der Waals surface area (Å²) in [6.07, 6.45) is 5.65. The Morgan fingerprint density at radius 2 is 2.06 bits per heavy atom. The van der Waals surface area contributed by atoms with Crippen molar-refractivity contribution in [3.63, 3.8) is 0 Å². The van der Waals surface area contributed by atoms with Crippen LogP contribution in [0, 0.1) is 0 Å². The van der Waals surface area contributed by atoms with Crippen LogP contribution in [0.1, 0.15) is 5.82 Å². The minimum atomic E-state index is 0.571. The van der Waals surface area contributed by atoms with Crippen LogP contribution in [0.15, 0.2) is 18.7 Å². The van der Waals surface area contributed by atoms with E-state index in [1.165, 1.54) is 0 Å². The van der Waals surface area contributed by atoms with Gasteiger partial charge in [-0.25, -0.2) is 15.0 Å². The van der Waals surface area contributed by atoms with Crippen LogP contribution in [0.4, 0.5) is 5.95 Å². The first kappa shape index (κ1) is 11.3. The molecule has 0 radical (unpaired) electrons. The van der Waals surface area contributed by atoms with Crippen molar-refractivity contribution in [2.75, 3.05) is 19.0 Å². The van der Waals surface area contributed by atoms with Gasteiger partial charge in [0.05, 0.1) is 19.5 Å². The predicted octanol–water partition coefficient (Wildman–Crippen LogP) is 0.268. The molecule has 17 heavy (non-hydrogen) atoms. The maximum atomic E-state index is 4.97. The van der Waals surface area contributed by atoms with Gasteiger partial charge in [0, 0.05) is 20.0 Å². The van der Waals surface area contributed by atoms with E-state index in [0.717, 1.165) is 12.2 Å². The van der Waals surface area contributed by atoms with Crippen LogP contribution in [0.3, 0.4) is 0 Å². The second-order valence-electron chi connectivity index (χ2n) is 3.46. The zero-order valence-corrected chi connectivity index (χ0v) is 9.79. The normalized spacial score (nSPS) is 10.2. The second kappa shape index (κ2) is 5.24. The fourth-order valence-corrected chi connectivity index (χ4v) is 1.30. The lowest BCUT2D eigenvalue weighted by Crippen LogP contribution is -2.09. The molecule has 0 bridgehead atoms. The lowest BCUT2D eigenvalue weighted by molar-refractivity contribution is 0.411. The second-order valence-corrected chi connectivity index (χ2v) is 3.46. The van der Waals surface area contributed by atoms with Crippen LogP contribution >= 0.6 is 0 Å². The van der Waals surface area contributed by atoms with E-state index < -0.39 is 0 Å². The van der Waals surface area contributed by atoms with Crippen LogP contribution in [0.25, 0.3) is 0 Å². The topological polar surface area (TPSA) is 77.8 Å². The van der Waals surface area contributed by atoms with Crippen LogP contribution in [0.5, 0.6) is 5.75 Å². The Morgan fingerprint density at radius 3 is 2.65 bits per heavy atom. The number of ether oxygens (including phenoxy) is 1. The zero-order valence-electron chi connectivity index (χ0n) is 9.79. The van der Waals surface area contributed by atoms with Gasteiger partial charge in [0.2, 0.25) is 5.95 Å². The Morgan fingerprint density at radius 1 is 1.29 bits per heavy atom. The Kier molecular flexibility index (Phi) is 3.49. The minimum Gasteiger partial charge on any atom is -0.494 e. The zero-order chi connectivity index (χ0) is 12.1. The van der Waals surface area contributed by atoms with Gasteiger partial charge >= 0.3 is 0 Å². The highest BCUT2D eigenvalue weighted by Gasteiger charge is 2.00. The predicted molar refractivity (Wildman–Crippen MR) is 61.8 cm³/mol. The molecule has 0 amide bonds. The van der Waals surface area contributed by atoms with Crippen molar-refractivity contribution in [2.24, 2.45) is 7.05 Å². The largest absolute Gasteiger partial charge is 0.494 e. The van der Waals surface area contributed by atoms with Gasteiger partial charge in [-0.1, -0.05) is 0 Å². The van der Waals surface area contributed by atoms with Crippen molar-refractivity contribution in [3.8, 4) is 5.75 Å². The third-order valence-electron chi connectivity index (χ3n) is 2.14. The average molecular weight is 234 g/mol. The maximum absolute atomic E-state index is 4.97. The number of hydrogen-bond donors (Lipinski definition) is 1. The summed E-state index contributed by atoms with van der Waals surface area (Å²) >= 11 is 0. The summed E-state index contributed by atoms with van der Waals surface area (Å²) in [6, 6.07) is 0. The molecule has 2 rings (SSSR count). The summed E-state index contributed by atoms with van der Waals surface area (Å²) in [5.74, 6) is 2.01. The van der Waals surface area contributed by atoms with E-state index in [1.54, 1.807) is 30.5 Å². The van der Waals surface area contributed by atoms with E-state index in [4.69, 9.17) is 4.74 Å².